The fourth-order valence-corrected chi connectivity index (χ4v) is 2.73. The van der Waals surface area contributed by atoms with Gasteiger partial charge in [0.05, 0.1) is 5.92 Å². The lowest BCUT2D eigenvalue weighted by molar-refractivity contribution is -0.129. The molecule has 0 spiro atoms. The number of rotatable bonds is 7. The first-order valence-electron chi connectivity index (χ1n) is 8.75. The first-order valence-corrected chi connectivity index (χ1v) is 8.75. The number of hydrogen-bond donors (Lipinski definition) is 2. The van der Waals surface area contributed by atoms with E-state index >= 15 is 0 Å². The van der Waals surface area contributed by atoms with Crippen molar-refractivity contribution in [1.29, 1.82) is 0 Å². The number of carbonyl (C=O) groups excluding carboxylic acids is 3. The van der Waals surface area contributed by atoms with Crippen molar-refractivity contribution in [2.45, 2.75) is 33.7 Å². The molecule has 1 aromatic carbocycles. The first-order chi connectivity index (χ1) is 11.9. The summed E-state index contributed by atoms with van der Waals surface area (Å²) >= 11 is 0. The van der Waals surface area contributed by atoms with Gasteiger partial charge in [-0.2, -0.15) is 0 Å². The highest BCUT2D eigenvalue weighted by atomic mass is 16.2. The predicted octanol–water partition coefficient (Wildman–Crippen LogP) is 1.23. The molecule has 25 heavy (non-hydrogen) atoms. The standard InChI is InChI=1S/C19H27N3O3/c1-13(2)18(24)20-8-9-21-19(25)16-10-17(23)22(12-16)11-15-6-4-14(3)5-7-15/h4-7,13,16H,8-12H2,1-3H3,(H,20,24)(H,21,25). The highest BCUT2D eigenvalue weighted by Gasteiger charge is 2.33. The Labute approximate surface area is 149 Å². The van der Waals surface area contributed by atoms with Crippen LogP contribution in [0.15, 0.2) is 24.3 Å². The number of likely N-dealkylation sites (tertiary alicyclic amines) is 1. The van der Waals surface area contributed by atoms with E-state index in [1.807, 2.05) is 45.0 Å². The lowest BCUT2D eigenvalue weighted by atomic mass is 10.1. The third kappa shape index (κ3) is 5.59. The molecule has 1 aliphatic heterocycles. The van der Waals surface area contributed by atoms with E-state index in [4.69, 9.17) is 0 Å². The van der Waals surface area contributed by atoms with Gasteiger partial charge in [-0.1, -0.05) is 43.7 Å². The molecule has 1 aliphatic rings. The molecule has 1 heterocycles. The van der Waals surface area contributed by atoms with Crippen molar-refractivity contribution in [2.24, 2.45) is 11.8 Å². The van der Waals surface area contributed by atoms with E-state index in [1.54, 1.807) is 4.90 Å². The molecule has 1 unspecified atom stereocenters. The zero-order valence-electron chi connectivity index (χ0n) is 15.2. The second kappa shape index (κ2) is 8.65. The molecule has 0 bridgehead atoms. The number of benzene rings is 1. The molecule has 1 saturated heterocycles. The maximum atomic E-state index is 12.2. The van der Waals surface area contributed by atoms with Gasteiger partial charge < -0.3 is 15.5 Å². The van der Waals surface area contributed by atoms with Crippen molar-refractivity contribution in [3.05, 3.63) is 35.4 Å². The lowest BCUT2D eigenvalue weighted by Gasteiger charge is -2.17. The number of carbonyl (C=O) groups is 3. The second-order valence-corrected chi connectivity index (χ2v) is 6.90. The largest absolute Gasteiger partial charge is 0.354 e. The maximum absolute atomic E-state index is 12.2. The fourth-order valence-electron chi connectivity index (χ4n) is 2.73. The topological polar surface area (TPSA) is 78.5 Å². The van der Waals surface area contributed by atoms with Crippen LogP contribution >= 0.6 is 0 Å². The summed E-state index contributed by atoms with van der Waals surface area (Å²) in [5.41, 5.74) is 2.25. The Kier molecular flexibility index (Phi) is 6.56. The van der Waals surface area contributed by atoms with Crippen LogP contribution in [0.5, 0.6) is 0 Å². The van der Waals surface area contributed by atoms with Crippen LogP contribution in [-0.2, 0) is 20.9 Å². The highest BCUT2D eigenvalue weighted by molar-refractivity contribution is 5.89. The summed E-state index contributed by atoms with van der Waals surface area (Å²) in [4.78, 5) is 37.5. The van der Waals surface area contributed by atoms with Gasteiger partial charge in [0.25, 0.3) is 0 Å². The maximum Gasteiger partial charge on any atom is 0.225 e. The molecule has 6 nitrogen and oxygen atoms in total. The normalized spacial score (nSPS) is 17.0. The SMILES string of the molecule is Cc1ccc(CN2CC(C(=O)NCCNC(=O)C(C)C)CC2=O)cc1. The van der Waals surface area contributed by atoms with Crippen LogP contribution in [0.4, 0.5) is 0 Å². The monoisotopic (exact) mass is 345 g/mol. The van der Waals surface area contributed by atoms with Crippen molar-refractivity contribution >= 4 is 17.7 Å². The van der Waals surface area contributed by atoms with Crippen LogP contribution in [0.2, 0.25) is 0 Å². The van der Waals surface area contributed by atoms with Crippen LogP contribution in [0.3, 0.4) is 0 Å². The number of nitrogens with one attached hydrogen (secondary N) is 2. The summed E-state index contributed by atoms with van der Waals surface area (Å²) in [7, 11) is 0. The molecule has 2 N–H and O–H groups in total. The molecule has 3 amide bonds. The Hall–Kier alpha value is -2.37. The van der Waals surface area contributed by atoms with E-state index in [2.05, 4.69) is 10.6 Å². The minimum atomic E-state index is -0.321. The molecule has 1 fully saturated rings. The van der Waals surface area contributed by atoms with E-state index in [0.29, 0.717) is 26.2 Å². The first kappa shape index (κ1) is 19.0. The Balaban J connectivity index is 1.76. The second-order valence-electron chi connectivity index (χ2n) is 6.90. The third-order valence-electron chi connectivity index (χ3n) is 4.33. The number of hydrogen-bond acceptors (Lipinski definition) is 3. The van der Waals surface area contributed by atoms with Crippen LogP contribution < -0.4 is 10.6 Å². The molecule has 136 valence electrons. The number of aryl methyl sites for hydroxylation is 1. The Morgan fingerprint density at radius 2 is 1.80 bits per heavy atom. The van der Waals surface area contributed by atoms with E-state index in [-0.39, 0.29) is 36.0 Å². The molecule has 1 aromatic rings. The van der Waals surface area contributed by atoms with Crippen LogP contribution in [0, 0.1) is 18.8 Å². The van der Waals surface area contributed by atoms with Gasteiger partial charge in [-0.3, -0.25) is 14.4 Å². The summed E-state index contributed by atoms with van der Waals surface area (Å²) < 4.78 is 0. The smallest absolute Gasteiger partial charge is 0.225 e. The molecule has 0 aliphatic carbocycles. The summed E-state index contributed by atoms with van der Waals surface area (Å²) in [6.45, 7) is 7.41. The molecule has 1 atom stereocenters. The minimum Gasteiger partial charge on any atom is -0.354 e. The van der Waals surface area contributed by atoms with E-state index < -0.39 is 0 Å². The van der Waals surface area contributed by atoms with Gasteiger partial charge in [0.1, 0.15) is 0 Å². The number of amides is 3. The summed E-state index contributed by atoms with van der Waals surface area (Å²) in [5, 5.41) is 5.55. The van der Waals surface area contributed by atoms with Gasteiger partial charge in [0, 0.05) is 38.5 Å². The highest BCUT2D eigenvalue weighted by Crippen LogP contribution is 2.20. The van der Waals surface area contributed by atoms with Crippen LogP contribution in [0.1, 0.15) is 31.4 Å². The molecule has 0 aromatic heterocycles. The van der Waals surface area contributed by atoms with E-state index in [0.717, 1.165) is 5.56 Å². The van der Waals surface area contributed by atoms with Crippen LogP contribution in [0.25, 0.3) is 0 Å². The van der Waals surface area contributed by atoms with Gasteiger partial charge in [-0.25, -0.2) is 0 Å². The van der Waals surface area contributed by atoms with Gasteiger partial charge in [-0.05, 0) is 12.5 Å². The summed E-state index contributed by atoms with van der Waals surface area (Å²) in [6, 6.07) is 8.05. The fraction of sp³-hybridized carbons (Fsp3) is 0.526. The van der Waals surface area contributed by atoms with Crippen LogP contribution in [-0.4, -0.2) is 42.3 Å². The average Bonchev–Trinajstić information content (AvgIpc) is 2.94. The molecular formula is C19H27N3O3. The van der Waals surface area contributed by atoms with Gasteiger partial charge in [-0.15, -0.1) is 0 Å². The minimum absolute atomic E-state index is 0.00818. The van der Waals surface area contributed by atoms with E-state index in [1.165, 1.54) is 5.56 Å². The summed E-state index contributed by atoms with van der Waals surface area (Å²) in [6.07, 6.45) is 0.246. The Morgan fingerprint density at radius 1 is 1.16 bits per heavy atom. The molecule has 2 rings (SSSR count). The van der Waals surface area contributed by atoms with E-state index in [9.17, 15) is 14.4 Å². The van der Waals surface area contributed by atoms with Crippen molar-refractivity contribution in [1.82, 2.24) is 15.5 Å². The Morgan fingerprint density at radius 3 is 2.44 bits per heavy atom. The quantitative estimate of drug-likeness (QED) is 0.730. The van der Waals surface area contributed by atoms with Crippen molar-refractivity contribution < 1.29 is 14.4 Å². The van der Waals surface area contributed by atoms with Gasteiger partial charge in [0.15, 0.2) is 0 Å². The zero-order valence-corrected chi connectivity index (χ0v) is 15.2. The lowest BCUT2D eigenvalue weighted by Crippen LogP contribution is -2.39. The average molecular weight is 345 g/mol. The Bertz CT molecular complexity index is 625. The summed E-state index contributed by atoms with van der Waals surface area (Å²) in [5.74, 6) is -0.542. The van der Waals surface area contributed by atoms with Crippen molar-refractivity contribution in [3.63, 3.8) is 0 Å². The zero-order chi connectivity index (χ0) is 18.4. The van der Waals surface area contributed by atoms with Gasteiger partial charge in [0.2, 0.25) is 17.7 Å². The number of nitrogens with zero attached hydrogens (tertiary/aromatic N) is 1. The van der Waals surface area contributed by atoms with Crippen molar-refractivity contribution in [3.8, 4) is 0 Å². The molecule has 6 heteroatoms. The molecule has 0 saturated carbocycles. The van der Waals surface area contributed by atoms with Gasteiger partial charge >= 0.3 is 0 Å². The third-order valence-corrected chi connectivity index (χ3v) is 4.33. The molecular weight excluding hydrogens is 318 g/mol. The van der Waals surface area contributed by atoms with Crippen molar-refractivity contribution in [2.75, 3.05) is 19.6 Å². The predicted molar refractivity (Wildman–Crippen MR) is 95.6 cm³/mol. The molecule has 0 radical (unpaired) electrons.